The number of benzene rings is 2. The Bertz CT molecular complexity index is 807. The minimum atomic E-state index is -0.419. The van der Waals surface area contributed by atoms with Crippen molar-refractivity contribution in [2.45, 2.75) is 6.54 Å². The summed E-state index contributed by atoms with van der Waals surface area (Å²) in [7, 11) is 0. The molecule has 1 aromatic heterocycles. The lowest BCUT2D eigenvalue weighted by molar-refractivity contribution is 0.626. The molecule has 0 aliphatic heterocycles. The highest BCUT2D eigenvalue weighted by Gasteiger charge is 2.11. The second kappa shape index (κ2) is 4.55. The molecular formula is C14H10ClFN2O. The average molecular weight is 277 g/mol. The maximum atomic E-state index is 13.8. The molecule has 0 bridgehead atoms. The van der Waals surface area contributed by atoms with Crippen molar-refractivity contribution in [3.63, 3.8) is 0 Å². The zero-order chi connectivity index (χ0) is 13.4. The molecule has 3 nitrogen and oxygen atoms in total. The summed E-state index contributed by atoms with van der Waals surface area (Å²) < 4.78 is 15.2. The van der Waals surface area contributed by atoms with Gasteiger partial charge in [-0.3, -0.25) is 4.57 Å². The number of hydrogen-bond donors (Lipinski definition) is 1. The number of hydrogen-bond acceptors (Lipinski definition) is 1. The Labute approximate surface area is 113 Å². The minimum Gasteiger partial charge on any atom is -0.305 e. The zero-order valence-electron chi connectivity index (χ0n) is 9.86. The van der Waals surface area contributed by atoms with Crippen LogP contribution in [0, 0.1) is 5.82 Å². The maximum absolute atomic E-state index is 13.8. The number of imidazole rings is 1. The van der Waals surface area contributed by atoms with Crippen LogP contribution < -0.4 is 5.69 Å². The minimum absolute atomic E-state index is 0.278. The van der Waals surface area contributed by atoms with Crippen molar-refractivity contribution in [1.29, 1.82) is 0 Å². The lowest BCUT2D eigenvalue weighted by Crippen LogP contribution is -2.17. The van der Waals surface area contributed by atoms with Crippen molar-refractivity contribution in [1.82, 2.24) is 9.55 Å². The van der Waals surface area contributed by atoms with Gasteiger partial charge in [0.1, 0.15) is 11.3 Å². The molecule has 96 valence electrons. The molecular weight excluding hydrogens is 267 g/mol. The normalized spacial score (nSPS) is 11.1. The van der Waals surface area contributed by atoms with Gasteiger partial charge in [-0.1, -0.05) is 29.8 Å². The first-order chi connectivity index (χ1) is 9.15. The summed E-state index contributed by atoms with van der Waals surface area (Å²) in [5.74, 6) is -0.419. The Morgan fingerprint density at radius 2 is 2.00 bits per heavy atom. The SMILES string of the molecule is O=c1[nH]c2cccc(F)c2n1Cc1cccc(Cl)c1. The third kappa shape index (κ3) is 2.15. The molecule has 0 aliphatic rings. The van der Waals surface area contributed by atoms with Gasteiger partial charge in [-0.05, 0) is 29.8 Å². The molecule has 1 heterocycles. The van der Waals surface area contributed by atoms with Gasteiger partial charge in [0.2, 0.25) is 0 Å². The second-order valence-corrected chi connectivity index (χ2v) is 4.72. The topological polar surface area (TPSA) is 37.8 Å². The summed E-state index contributed by atoms with van der Waals surface area (Å²) in [6.07, 6.45) is 0. The predicted molar refractivity (Wildman–Crippen MR) is 73.1 cm³/mol. The van der Waals surface area contributed by atoms with Crippen molar-refractivity contribution in [2.75, 3.05) is 0 Å². The fraction of sp³-hybridized carbons (Fsp3) is 0.0714. The van der Waals surface area contributed by atoms with E-state index in [9.17, 15) is 9.18 Å². The molecule has 3 rings (SSSR count). The van der Waals surface area contributed by atoms with E-state index in [0.717, 1.165) is 5.56 Å². The van der Waals surface area contributed by atoms with Crippen LogP contribution in [0.1, 0.15) is 5.56 Å². The van der Waals surface area contributed by atoms with E-state index in [0.29, 0.717) is 10.5 Å². The molecule has 19 heavy (non-hydrogen) atoms. The van der Waals surface area contributed by atoms with Gasteiger partial charge >= 0.3 is 5.69 Å². The molecule has 0 atom stereocenters. The lowest BCUT2D eigenvalue weighted by atomic mass is 10.2. The quantitative estimate of drug-likeness (QED) is 0.767. The van der Waals surface area contributed by atoms with E-state index in [4.69, 9.17) is 11.6 Å². The summed E-state index contributed by atoms with van der Waals surface area (Å²) in [6.45, 7) is 0.278. The molecule has 0 saturated carbocycles. The van der Waals surface area contributed by atoms with Gasteiger partial charge in [-0.25, -0.2) is 9.18 Å². The summed E-state index contributed by atoms with van der Waals surface area (Å²) in [5.41, 5.74) is 1.29. The van der Waals surface area contributed by atoms with Crippen molar-refractivity contribution in [3.05, 3.63) is 69.4 Å². The number of para-hydroxylation sites is 1. The fourth-order valence-electron chi connectivity index (χ4n) is 2.14. The molecule has 1 N–H and O–H groups in total. The van der Waals surface area contributed by atoms with Crippen LogP contribution in [0.4, 0.5) is 4.39 Å². The summed E-state index contributed by atoms with van der Waals surface area (Å²) >= 11 is 5.91. The van der Waals surface area contributed by atoms with E-state index < -0.39 is 5.82 Å². The van der Waals surface area contributed by atoms with E-state index in [-0.39, 0.29) is 17.8 Å². The standard InChI is InChI=1S/C14H10ClFN2O/c15-10-4-1-3-9(7-10)8-18-13-11(16)5-2-6-12(13)17-14(18)19/h1-7H,8H2,(H,17,19). The van der Waals surface area contributed by atoms with Gasteiger partial charge in [0.05, 0.1) is 12.1 Å². The predicted octanol–water partition coefficient (Wildman–Crippen LogP) is 3.17. The van der Waals surface area contributed by atoms with Crippen LogP contribution in [0.5, 0.6) is 0 Å². The van der Waals surface area contributed by atoms with E-state index in [1.54, 1.807) is 30.3 Å². The van der Waals surface area contributed by atoms with Crippen LogP contribution in [0.15, 0.2) is 47.3 Å². The first-order valence-corrected chi connectivity index (χ1v) is 6.14. The average Bonchev–Trinajstić information content (AvgIpc) is 2.67. The fourth-order valence-corrected chi connectivity index (χ4v) is 2.36. The number of fused-ring (bicyclic) bond motifs is 1. The second-order valence-electron chi connectivity index (χ2n) is 4.28. The molecule has 0 amide bonds. The Balaban J connectivity index is 2.15. The lowest BCUT2D eigenvalue weighted by Gasteiger charge is -2.04. The Morgan fingerprint density at radius 1 is 1.21 bits per heavy atom. The van der Waals surface area contributed by atoms with Gasteiger partial charge in [-0.15, -0.1) is 0 Å². The van der Waals surface area contributed by atoms with Crippen LogP contribution in [-0.2, 0) is 6.54 Å². The smallest absolute Gasteiger partial charge is 0.305 e. The van der Waals surface area contributed by atoms with Gasteiger partial charge in [0, 0.05) is 5.02 Å². The molecule has 0 spiro atoms. The number of H-pyrrole nitrogens is 1. The first-order valence-electron chi connectivity index (χ1n) is 5.76. The van der Waals surface area contributed by atoms with Crippen LogP contribution in [0.2, 0.25) is 5.02 Å². The van der Waals surface area contributed by atoms with Crippen LogP contribution in [0.3, 0.4) is 0 Å². The number of aromatic amines is 1. The highest BCUT2D eigenvalue weighted by Crippen LogP contribution is 2.17. The van der Waals surface area contributed by atoms with Crippen molar-refractivity contribution >= 4 is 22.6 Å². The first kappa shape index (κ1) is 12.0. The van der Waals surface area contributed by atoms with Gasteiger partial charge in [-0.2, -0.15) is 0 Å². The number of nitrogens with one attached hydrogen (secondary N) is 1. The Morgan fingerprint density at radius 3 is 2.79 bits per heavy atom. The molecule has 5 heteroatoms. The molecule has 0 saturated heterocycles. The monoisotopic (exact) mass is 276 g/mol. The number of nitrogens with zero attached hydrogens (tertiary/aromatic N) is 1. The number of halogens is 2. The van der Waals surface area contributed by atoms with Crippen molar-refractivity contribution < 1.29 is 4.39 Å². The van der Waals surface area contributed by atoms with Crippen LogP contribution >= 0.6 is 11.6 Å². The summed E-state index contributed by atoms with van der Waals surface area (Å²) in [4.78, 5) is 14.5. The number of rotatable bonds is 2. The third-order valence-electron chi connectivity index (χ3n) is 2.97. The number of aromatic nitrogens is 2. The highest BCUT2D eigenvalue weighted by atomic mass is 35.5. The van der Waals surface area contributed by atoms with Crippen LogP contribution in [0.25, 0.3) is 11.0 Å². The molecule has 3 aromatic rings. The molecule has 2 aromatic carbocycles. The molecule has 0 radical (unpaired) electrons. The van der Waals surface area contributed by atoms with Crippen molar-refractivity contribution in [3.8, 4) is 0 Å². The Kier molecular flexibility index (Phi) is 2.87. The van der Waals surface area contributed by atoms with E-state index >= 15 is 0 Å². The van der Waals surface area contributed by atoms with Gasteiger partial charge in [0.15, 0.2) is 0 Å². The molecule has 0 aliphatic carbocycles. The van der Waals surface area contributed by atoms with Crippen LogP contribution in [-0.4, -0.2) is 9.55 Å². The summed E-state index contributed by atoms with van der Waals surface area (Å²) in [6, 6.07) is 11.7. The zero-order valence-corrected chi connectivity index (χ0v) is 10.6. The maximum Gasteiger partial charge on any atom is 0.326 e. The third-order valence-corrected chi connectivity index (χ3v) is 3.21. The van der Waals surface area contributed by atoms with Crippen molar-refractivity contribution in [2.24, 2.45) is 0 Å². The van der Waals surface area contributed by atoms with Gasteiger partial charge in [0.25, 0.3) is 0 Å². The molecule has 0 unspecified atom stereocenters. The van der Waals surface area contributed by atoms with E-state index in [1.807, 2.05) is 6.07 Å². The highest BCUT2D eigenvalue weighted by molar-refractivity contribution is 6.30. The van der Waals surface area contributed by atoms with E-state index in [2.05, 4.69) is 4.98 Å². The largest absolute Gasteiger partial charge is 0.326 e. The van der Waals surface area contributed by atoms with E-state index in [1.165, 1.54) is 10.6 Å². The summed E-state index contributed by atoms with van der Waals surface area (Å²) in [5, 5.41) is 0.589. The molecule has 0 fully saturated rings. The Hall–Kier alpha value is -2.07. The van der Waals surface area contributed by atoms with Gasteiger partial charge < -0.3 is 4.98 Å².